The molecule has 11 heteroatoms. The maximum atomic E-state index is 12.6. The van der Waals surface area contributed by atoms with Crippen molar-refractivity contribution in [3.63, 3.8) is 0 Å². The first-order valence-corrected chi connectivity index (χ1v) is 12.8. The molecule has 29 heavy (non-hydrogen) atoms. The molecule has 0 fully saturated rings. The van der Waals surface area contributed by atoms with Gasteiger partial charge in [0.25, 0.3) is 0 Å². The van der Waals surface area contributed by atoms with Crippen LogP contribution in [0.2, 0.25) is 5.15 Å². The molecule has 4 aromatic rings. The third-order valence-electron chi connectivity index (χ3n) is 4.14. The molecule has 0 saturated carbocycles. The van der Waals surface area contributed by atoms with Crippen molar-refractivity contribution in [3.8, 4) is 21.1 Å². The molecule has 2 N–H and O–H groups in total. The lowest BCUT2D eigenvalue weighted by molar-refractivity contribution is 0.581. The maximum Gasteiger partial charge on any atom is 0.242 e. The number of hydrogen-bond acceptors (Lipinski definition) is 6. The fourth-order valence-electron chi connectivity index (χ4n) is 2.79. The normalized spacial score (nSPS) is 11.8. The van der Waals surface area contributed by atoms with E-state index in [1.165, 1.54) is 12.3 Å². The van der Waals surface area contributed by atoms with Crippen LogP contribution in [-0.2, 0) is 16.4 Å². The van der Waals surface area contributed by atoms with Crippen molar-refractivity contribution < 1.29 is 8.42 Å². The third-order valence-corrected chi connectivity index (χ3v) is 8.46. The fourth-order valence-corrected chi connectivity index (χ4v) is 5.89. The number of nitrogens with zero attached hydrogens (tertiary/aromatic N) is 2. The van der Waals surface area contributed by atoms with Crippen molar-refractivity contribution in [3.05, 3.63) is 62.5 Å². The molecule has 4 aromatic heterocycles. The number of hydrogen-bond donors (Lipinski definition) is 2. The summed E-state index contributed by atoms with van der Waals surface area (Å²) in [6.07, 6.45) is 1.72. The van der Waals surface area contributed by atoms with Gasteiger partial charge in [0.2, 0.25) is 10.0 Å². The van der Waals surface area contributed by atoms with E-state index in [9.17, 15) is 8.42 Å². The van der Waals surface area contributed by atoms with Gasteiger partial charge in [-0.1, -0.05) is 23.7 Å². The smallest absolute Gasteiger partial charge is 0.242 e. The van der Waals surface area contributed by atoms with Gasteiger partial charge in [-0.05, 0) is 51.3 Å². The number of H-pyrrole nitrogens is 1. The minimum Gasteiger partial charge on any atom is -0.276 e. The number of aromatic amines is 1. The second-order valence-corrected chi connectivity index (χ2v) is 10.8. The highest BCUT2D eigenvalue weighted by Crippen LogP contribution is 2.34. The van der Waals surface area contributed by atoms with E-state index in [0.717, 1.165) is 26.7 Å². The molecule has 0 bridgehead atoms. The van der Waals surface area contributed by atoms with Crippen LogP contribution in [-0.4, -0.2) is 30.1 Å². The number of aromatic nitrogens is 3. The summed E-state index contributed by atoms with van der Waals surface area (Å²) in [6.45, 7) is 0.221. The third kappa shape index (κ3) is 4.47. The molecule has 0 aliphatic heterocycles. The van der Waals surface area contributed by atoms with Crippen molar-refractivity contribution in [2.75, 3.05) is 6.54 Å². The lowest BCUT2D eigenvalue weighted by Crippen LogP contribution is -2.26. The zero-order valence-electron chi connectivity index (χ0n) is 14.7. The quantitative estimate of drug-likeness (QED) is 0.322. The Kier molecular flexibility index (Phi) is 6.19. The van der Waals surface area contributed by atoms with Gasteiger partial charge in [-0.2, -0.15) is 5.10 Å². The Balaban J connectivity index is 1.58. The minimum absolute atomic E-state index is 0.0536. The van der Waals surface area contributed by atoms with E-state index < -0.39 is 10.0 Å². The minimum atomic E-state index is -3.71. The molecule has 0 amide bonds. The van der Waals surface area contributed by atoms with Gasteiger partial charge >= 0.3 is 0 Å². The Bertz CT molecular complexity index is 1170. The number of halogens is 2. The van der Waals surface area contributed by atoms with E-state index in [0.29, 0.717) is 10.9 Å². The standard InChI is InChI=1S/C18H14BrClN4O2S3/c19-13-9-11(10-21-18(13)20)29(25,26)22-6-5-12-16(14-3-1-7-27-14)23-24-17(12)15-4-2-8-28-15/h1-4,7-10,22H,5-6H2,(H,23,24). The first kappa shape index (κ1) is 20.7. The van der Waals surface area contributed by atoms with Crippen LogP contribution in [0.5, 0.6) is 0 Å². The van der Waals surface area contributed by atoms with E-state index >= 15 is 0 Å². The highest BCUT2D eigenvalue weighted by atomic mass is 79.9. The summed E-state index contributed by atoms with van der Waals surface area (Å²) in [5, 5.41) is 11.8. The predicted molar refractivity (Wildman–Crippen MR) is 121 cm³/mol. The van der Waals surface area contributed by atoms with Crippen LogP contribution in [0, 0.1) is 0 Å². The molecule has 4 heterocycles. The summed E-state index contributed by atoms with van der Waals surface area (Å²) in [5.41, 5.74) is 2.74. The second-order valence-electron chi connectivity index (χ2n) is 5.97. The van der Waals surface area contributed by atoms with E-state index in [1.54, 1.807) is 22.7 Å². The van der Waals surface area contributed by atoms with Gasteiger partial charge in [0.05, 0.1) is 19.9 Å². The van der Waals surface area contributed by atoms with Crippen LogP contribution in [0.25, 0.3) is 21.1 Å². The molecule has 6 nitrogen and oxygen atoms in total. The van der Waals surface area contributed by atoms with E-state index in [1.807, 2.05) is 35.0 Å². The van der Waals surface area contributed by atoms with Gasteiger partial charge < -0.3 is 0 Å². The molecule has 0 aromatic carbocycles. The number of pyridine rings is 1. The monoisotopic (exact) mass is 528 g/mol. The summed E-state index contributed by atoms with van der Waals surface area (Å²) in [7, 11) is -3.71. The molecule has 0 aliphatic rings. The average Bonchev–Trinajstić information content (AvgIpc) is 3.44. The fraction of sp³-hybridized carbons (Fsp3) is 0.111. The topological polar surface area (TPSA) is 87.7 Å². The number of sulfonamides is 1. The van der Waals surface area contributed by atoms with Gasteiger partial charge in [0.1, 0.15) is 15.7 Å². The van der Waals surface area contributed by atoms with Crippen LogP contribution >= 0.6 is 50.2 Å². The predicted octanol–water partition coefficient (Wildman–Crippen LogP) is 5.20. The molecule has 0 atom stereocenters. The number of rotatable bonds is 7. The number of nitrogens with one attached hydrogen (secondary N) is 2. The van der Waals surface area contributed by atoms with E-state index in [2.05, 4.69) is 35.8 Å². The summed E-state index contributed by atoms with van der Waals surface area (Å²) in [4.78, 5) is 6.03. The highest BCUT2D eigenvalue weighted by Gasteiger charge is 2.20. The van der Waals surface area contributed by atoms with Crippen LogP contribution in [0.15, 0.2) is 56.7 Å². The average molecular weight is 530 g/mol. The van der Waals surface area contributed by atoms with Gasteiger partial charge in [0.15, 0.2) is 0 Å². The van der Waals surface area contributed by atoms with Crippen LogP contribution < -0.4 is 4.72 Å². The van der Waals surface area contributed by atoms with Gasteiger partial charge in [-0.3, -0.25) is 5.10 Å². The van der Waals surface area contributed by atoms with Gasteiger partial charge in [0, 0.05) is 18.3 Å². The van der Waals surface area contributed by atoms with Gasteiger partial charge in [-0.25, -0.2) is 18.1 Å². The molecule has 4 rings (SSSR count). The van der Waals surface area contributed by atoms with Gasteiger partial charge in [-0.15, -0.1) is 22.7 Å². The highest BCUT2D eigenvalue weighted by molar-refractivity contribution is 9.10. The Morgan fingerprint density at radius 1 is 1.17 bits per heavy atom. The summed E-state index contributed by atoms with van der Waals surface area (Å²) in [5.74, 6) is 0. The van der Waals surface area contributed by atoms with Crippen molar-refractivity contribution in [2.45, 2.75) is 11.3 Å². The van der Waals surface area contributed by atoms with Crippen LogP contribution in [0.3, 0.4) is 0 Å². The van der Waals surface area contributed by atoms with E-state index in [4.69, 9.17) is 11.6 Å². The lowest BCUT2D eigenvalue weighted by atomic mass is 10.1. The van der Waals surface area contributed by atoms with Crippen molar-refractivity contribution in [1.82, 2.24) is 19.9 Å². The molecule has 0 saturated heterocycles. The molecule has 0 unspecified atom stereocenters. The molecule has 0 spiro atoms. The summed E-state index contributed by atoms with van der Waals surface area (Å²) < 4.78 is 28.3. The molecule has 0 aliphatic carbocycles. The SMILES string of the molecule is O=S(=O)(NCCc1c(-c2cccs2)n[nH]c1-c1cccs1)c1cnc(Cl)c(Br)c1. The maximum absolute atomic E-state index is 12.6. The van der Waals surface area contributed by atoms with E-state index in [-0.39, 0.29) is 16.6 Å². The largest absolute Gasteiger partial charge is 0.276 e. The zero-order chi connectivity index (χ0) is 20.4. The zero-order valence-corrected chi connectivity index (χ0v) is 19.5. The summed E-state index contributed by atoms with van der Waals surface area (Å²) >= 11 is 12.3. The Morgan fingerprint density at radius 2 is 1.90 bits per heavy atom. The second kappa shape index (κ2) is 8.66. The molecular formula is C18H14BrClN4O2S3. The number of thiophene rings is 2. The van der Waals surface area contributed by atoms with Crippen LogP contribution in [0.4, 0.5) is 0 Å². The Hall–Kier alpha value is -1.56. The summed E-state index contributed by atoms with van der Waals surface area (Å²) in [6, 6.07) is 9.40. The Labute approximate surface area is 189 Å². The first-order valence-electron chi connectivity index (χ1n) is 8.41. The van der Waals surface area contributed by atoms with Crippen LogP contribution in [0.1, 0.15) is 5.56 Å². The van der Waals surface area contributed by atoms with Crippen molar-refractivity contribution in [1.29, 1.82) is 0 Å². The van der Waals surface area contributed by atoms with Crippen molar-refractivity contribution >= 4 is 60.2 Å². The first-order chi connectivity index (χ1) is 14.0. The van der Waals surface area contributed by atoms with Crippen molar-refractivity contribution in [2.24, 2.45) is 0 Å². The Morgan fingerprint density at radius 3 is 2.55 bits per heavy atom. The molecule has 150 valence electrons. The molecule has 0 radical (unpaired) electrons. The molecular weight excluding hydrogens is 516 g/mol. The lowest BCUT2D eigenvalue weighted by Gasteiger charge is -2.08.